The average Bonchev–Trinajstić information content (AvgIpc) is 3.16. The number of aliphatic carboxylic acids is 1. The van der Waals surface area contributed by atoms with E-state index in [0.29, 0.717) is 21.3 Å². The minimum Gasteiger partial charge on any atom is -0.481 e. The van der Waals surface area contributed by atoms with E-state index in [1.807, 2.05) is 19.2 Å². The molecule has 2 heterocycles. The maximum Gasteiger partial charge on any atom is 0.313 e. The Hall–Kier alpha value is -1.34. The number of thioether (sulfide) groups is 1. The Labute approximate surface area is 130 Å². The van der Waals surface area contributed by atoms with E-state index in [1.165, 1.54) is 11.3 Å². The van der Waals surface area contributed by atoms with Crippen molar-refractivity contribution in [1.82, 2.24) is 9.55 Å². The molecule has 3 rings (SSSR count). The van der Waals surface area contributed by atoms with E-state index in [4.69, 9.17) is 5.11 Å². The molecule has 1 fully saturated rings. The Kier molecular flexibility index (Phi) is 3.57. The van der Waals surface area contributed by atoms with Crippen LogP contribution in [-0.4, -0.2) is 26.4 Å². The van der Waals surface area contributed by atoms with Crippen LogP contribution in [-0.2, 0) is 10.3 Å². The number of carbonyl (C=O) groups is 1. The fraction of sp³-hybridized carbons (Fsp3) is 0.500. The quantitative estimate of drug-likeness (QED) is 0.676. The molecule has 0 bridgehead atoms. The van der Waals surface area contributed by atoms with Crippen molar-refractivity contribution in [3.05, 3.63) is 21.8 Å². The Morgan fingerprint density at radius 1 is 1.57 bits per heavy atom. The van der Waals surface area contributed by atoms with E-state index in [2.05, 4.69) is 4.98 Å². The molecule has 21 heavy (non-hydrogen) atoms. The molecule has 0 radical (unpaired) electrons. The molecule has 0 spiro atoms. The summed E-state index contributed by atoms with van der Waals surface area (Å²) in [5.74, 6) is -0.544. The lowest BCUT2D eigenvalue weighted by molar-refractivity contribution is -0.133. The molecule has 5 nitrogen and oxygen atoms in total. The van der Waals surface area contributed by atoms with E-state index in [9.17, 15) is 9.59 Å². The number of fused-ring (bicyclic) bond motifs is 1. The molecule has 1 aliphatic carbocycles. The lowest BCUT2D eigenvalue weighted by atomic mass is 9.98. The Morgan fingerprint density at radius 3 is 2.90 bits per heavy atom. The van der Waals surface area contributed by atoms with Crippen molar-refractivity contribution in [2.75, 3.05) is 5.75 Å². The van der Waals surface area contributed by atoms with Gasteiger partial charge in [0.2, 0.25) is 0 Å². The van der Waals surface area contributed by atoms with Crippen LogP contribution in [0.1, 0.15) is 26.7 Å². The molecule has 0 atom stereocenters. The second kappa shape index (κ2) is 5.14. The van der Waals surface area contributed by atoms with Gasteiger partial charge in [-0.3, -0.25) is 14.2 Å². The van der Waals surface area contributed by atoms with Crippen molar-refractivity contribution in [2.24, 2.45) is 5.92 Å². The van der Waals surface area contributed by atoms with Gasteiger partial charge in [-0.2, -0.15) is 0 Å². The van der Waals surface area contributed by atoms with Gasteiger partial charge in [-0.1, -0.05) is 11.8 Å². The van der Waals surface area contributed by atoms with Gasteiger partial charge in [-0.05, 0) is 44.1 Å². The van der Waals surface area contributed by atoms with Gasteiger partial charge in [0.1, 0.15) is 4.70 Å². The smallest absolute Gasteiger partial charge is 0.313 e. The first kappa shape index (κ1) is 14.6. The topological polar surface area (TPSA) is 72.2 Å². The summed E-state index contributed by atoms with van der Waals surface area (Å²) >= 11 is 2.50. The summed E-state index contributed by atoms with van der Waals surface area (Å²) in [5, 5.41) is 11.2. The molecule has 112 valence electrons. The number of aromatic nitrogens is 2. The maximum absolute atomic E-state index is 12.8. The molecule has 7 heteroatoms. The summed E-state index contributed by atoms with van der Waals surface area (Å²) in [7, 11) is 0. The normalized spacial score (nSPS) is 15.5. The predicted molar refractivity (Wildman–Crippen MR) is 84.3 cm³/mol. The van der Waals surface area contributed by atoms with E-state index in [-0.39, 0.29) is 16.9 Å². The van der Waals surface area contributed by atoms with Gasteiger partial charge >= 0.3 is 5.97 Å². The second-order valence-corrected chi connectivity index (χ2v) is 7.64. The SMILES string of the molecule is CC(C)(C1CC1)n1c(SCC(=O)O)nc2ccsc2c1=O. The van der Waals surface area contributed by atoms with Crippen molar-refractivity contribution >= 4 is 39.3 Å². The lowest BCUT2D eigenvalue weighted by Gasteiger charge is -2.29. The number of carboxylic acid groups (broad SMARTS) is 1. The summed E-state index contributed by atoms with van der Waals surface area (Å²) < 4.78 is 2.35. The van der Waals surface area contributed by atoms with Gasteiger partial charge in [0, 0.05) is 5.54 Å². The molecule has 1 aliphatic rings. The zero-order valence-corrected chi connectivity index (χ0v) is 13.5. The van der Waals surface area contributed by atoms with Gasteiger partial charge in [-0.15, -0.1) is 11.3 Å². The van der Waals surface area contributed by atoms with Crippen molar-refractivity contribution in [1.29, 1.82) is 0 Å². The highest BCUT2D eigenvalue weighted by molar-refractivity contribution is 7.99. The van der Waals surface area contributed by atoms with Crippen LogP contribution in [0.4, 0.5) is 0 Å². The summed E-state index contributed by atoms with van der Waals surface area (Å²) in [6.45, 7) is 4.08. The van der Waals surface area contributed by atoms with Crippen molar-refractivity contribution < 1.29 is 9.90 Å². The van der Waals surface area contributed by atoms with E-state index >= 15 is 0 Å². The van der Waals surface area contributed by atoms with Gasteiger partial charge in [0.05, 0.1) is 11.3 Å². The molecular formula is C14H16N2O3S2. The van der Waals surface area contributed by atoms with Crippen LogP contribution in [0.3, 0.4) is 0 Å². The van der Waals surface area contributed by atoms with Crippen LogP contribution in [0.5, 0.6) is 0 Å². The molecule has 2 aromatic rings. The minimum absolute atomic E-state index is 0.0558. The van der Waals surface area contributed by atoms with Crippen LogP contribution in [0.25, 0.3) is 10.2 Å². The Morgan fingerprint density at radius 2 is 2.29 bits per heavy atom. The zero-order valence-electron chi connectivity index (χ0n) is 11.8. The van der Waals surface area contributed by atoms with Crippen LogP contribution in [0.2, 0.25) is 0 Å². The Bertz CT molecular complexity index is 759. The van der Waals surface area contributed by atoms with Gasteiger partial charge in [-0.25, -0.2) is 4.98 Å². The summed E-state index contributed by atoms with van der Waals surface area (Å²) in [5.41, 5.74) is 0.267. The fourth-order valence-corrected chi connectivity index (χ4v) is 4.22. The zero-order chi connectivity index (χ0) is 15.2. The number of thiophene rings is 1. The average molecular weight is 324 g/mol. The number of hydrogen-bond acceptors (Lipinski definition) is 5. The molecule has 1 saturated carbocycles. The summed E-state index contributed by atoms with van der Waals surface area (Å²) in [6, 6.07) is 1.81. The molecule has 1 N–H and O–H groups in total. The monoisotopic (exact) mass is 324 g/mol. The molecule has 0 saturated heterocycles. The molecule has 0 aromatic carbocycles. The van der Waals surface area contributed by atoms with Gasteiger partial charge in [0.25, 0.3) is 5.56 Å². The van der Waals surface area contributed by atoms with Gasteiger partial charge in [0.15, 0.2) is 5.16 Å². The molecule has 0 aliphatic heterocycles. The standard InChI is InChI=1S/C14H16N2O3S2/c1-14(2,8-3-4-8)16-12(19)11-9(5-6-20-11)15-13(16)21-7-10(17)18/h5-6,8H,3-4,7H2,1-2H3,(H,17,18). The predicted octanol–water partition coefficient (Wildman–Crippen LogP) is 2.78. The van der Waals surface area contributed by atoms with E-state index in [0.717, 1.165) is 24.6 Å². The number of nitrogens with zero attached hydrogens (tertiary/aromatic N) is 2. The van der Waals surface area contributed by atoms with E-state index < -0.39 is 5.97 Å². The first-order valence-electron chi connectivity index (χ1n) is 6.76. The fourth-order valence-electron chi connectivity index (χ4n) is 2.60. The van der Waals surface area contributed by atoms with Crippen LogP contribution >= 0.6 is 23.1 Å². The maximum atomic E-state index is 12.8. The van der Waals surface area contributed by atoms with Crippen LogP contribution in [0, 0.1) is 5.92 Å². The third-order valence-corrected chi connectivity index (χ3v) is 5.74. The van der Waals surface area contributed by atoms with Crippen molar-refractivity contribution in [2.45, 2.75) is 37.4 Å². The molecule has 0 unspecified atom stereocenters. The van der Waals surface area contributed by atoms with Crippen molar-refractivity contribution in [3.8, 4) is 0 Å². The first-order valence-corrected chi connectivity index (χ1v) is 8.63. The Balaban J connectivity index is 2.17. The third kappa shape index (κ3) is 2.60. The van der Waals surface area contributed by atoms with Crippen molar-refractivity contribution in [3.63, 3.8) is 0 Å². The highest BCUT2D eigenvalue weighted by atomic mass is 32.2. The third-order valence-electron chi connectivity index (χ3n) is 3.93. The second-order valence-electron chi connectivity index (χ2n) is 5.78. The first-order chi connectivity index (χ1) is 9.91. The number of rotatable bonds is 5. The molecular weight excluding hydrogens is 308 g/mol. The summed E-state index contributed by atoms with van der Waals surface area (Å²) in [6.07, 6.45) is 2.20. The van der Waals surface area contributed by atoms with Gasteiger partial charge < -0.3 is 5.11 Å². The highest BCUT2D eigenvalue weighted by Gasteiger charge is 2.41. The highest BCUT2D eigenvalue weighted by Crippen LogP contribution is 2.44. The lowest BCUT2D eigenvalue weighted by Crippen LogP contribution is -2.39. The minimum atomic E-state index is -0.907. The largest absolute Gasteiger partial charge is 0.481 e. The summed E-state index contributed by atoms with van der Waals surface area (Å²) in [4.78, 5) is 28.2. The number of hydrogen-bond donors (Lipinski definition) is 1. The molecule has 2 aromatic heterocycles. The van der Waals surface area contributed by atoms with Crippen LogP contribution < -0.4 is 5.56 Å². The van der Waals surface area contributed by atoms with E-state index in [1.54, 1.807) is 10.6 Å². The number of carboxylic acids is 1. The molecule has 0 amide bonds. The van der Waals surface area contributed by atoms with Crippen LogP contribution in [0.15, 0.2) is 21.4 Å².